The van der Waals surface area contributed by atoms with E-state index in [1.54, 1.807) is 30.0 Å². The molecule has 2 amide bonds. The van der Waals surface area contributed by atoms with Crippen molar-refractivity contribution >= 4 is 35.2 Å². The average molecular weight is 424 g/mol. The molecule has 0 bridgehead atoms. The minimum atomic E-state index is -1.06. The van der Waals surface area contributed by atoms with Gasteiger partial charge < -0.3 is 20.0 Å². The number of pyridine rings is 1. The summed E-state index contributed by atoms with van der Waals surface area (Å²) in [5.74, 6) is -0.267. The average Bonchev–Trinajstić information content (AvgIpc) is 2.94. The second-order valence-electron chi connectivity index (χ2n) is 6.59. The number of aliphatic hydroxyl groups excluding tert-OH is 1. The summed E-state index contributed by atoms with van der Waals surface area (Å²) in [5.41, 5.74) is 3.25. The number of benzene rings is 1. The van der Waals surface area contributed by atoms with Crippen LogP contribution < -0.4 is 0 Å². The zero-order valence-corrected chi connectivity index (χ0v) is 16.9. The maximum absolute atomic E-state index is 13.1. The van der Waals surface area contributed by atoms with Crippen LogP contribution >= 0.6 is 23.2 Å². The van der Waals surface area contributed by atoms with Crippen molar-refractivity contribution < 1.29 is 19.8 Å². The van der Waals surface area contributed by atoms with Crippen molar-refractivity contribution in [3.63, 3.8) is 0 Å². The molecule has 148 valence electrons. The number of aryl methyl sites for hydroxylation is 1. The first kappa shape index (κ1) is 20.4. The quantitative estimate of drug-likeness (QED) is 0.767. The number of carbonyl (C=O) groups is 2. The Morgan fingerprint density at radius 1 is 1.32 bits per heavy atom. The summed E-state index contributed by atoms with van der Waals surface area (Å²) in [5, 5.41) is 19.8. The molecule has 0 saturated carbocycles. The van der Waals surface area contributed by atoms with Crippen LogP contribution in [0.2, 0.25) is 10.0 Å². The molecule has 0 spiro atoms. The van der Waals surface area contributed by atoms with E-state index in [9.17, 15) is 14.7 Å². The van der Waals surface area contributed by atoms with E-state index in [0.717, 1.165) is 4.90 Å². The van der Waals surface area contributed by atoms with Crippen LogP contribution in [0.15, 0.2) is 18.2 Å². The Morgan fingerprint density at radius 2 is 2.04 bits per heavy atom. The van der Waals surface area contributed by atoms with Gasteiger partial charge in [-0.2, -0.15) is 0 Å². The number of fused-ring (bicyclic) bond motifs is 1. The fourth-order valence-corrected chi connectivity index (χ4v) is 3.79. The van der Waals surface area contributed by atoms with Gasteiger partial charge in [0, 0.05) is 52.6 Å². The van der Waals surface area contributed by atoms with Crippen molar-refractivity contribution in [2.24, 2.45) is 0 Å². The molecule has 0 radical (unpaired) electrons. The molecule has 0 saturated heterocycles. The van der Waals surface area contributed by atoms with Gasteiger partial charge in [0.15, 0.2) is 0 Å². The van der Waals surface area contributed by atoms with Gasteiger partial charge in [0.2, 0.25) is 0 Å². The lowest BCUT2D eigenvalue weighted by Gasteiger charge is -2.19. The van der Waals surface area contributed by atoms with E-state index in [1.807, 2.05) is 0 Å². The van der Waals surface area contributed by atoms with Crippen LogP contribution in [0.4, 0.5) is 4.79 Å². The molecule has 0 atom stereocenters. The maximum Gasteiger partial charge on any atom is 0.407 e. The first-order valence-corrected chi connectivity index (χ1v) is 9.32. The molecule has 1 aliphatic heterocycles. The van der Waals surface area contributed by atoms with Crippen molar-refractivity contribution in [3.05, 3.63) is 50.8 Å². The van der Waals surface area contributed by atoms with Crippen LogP contribution in [-0.2, 0) is 13.2 Å². The van der Waals surface area contributed by atoms with Gasteiger partial charge in [-0.25, -0.2) is 4.79 Å². The second-order valence-corrected chi connectivity index (χ2v) is 7.43. The topological polar surface area (TPSA) is 94.0 Å². The lowest BCUT2D eigenvalue weighted by Crippen LogP contribution is -2.35. The van der Waals surface area contributed by atoms with E-state index in [4.69, 9.17) is 28.3 Å². The number of carboxylic acid groups (broad SMARTS) is 1. The number of carbonyl (C=O) groups excluding carboxylic acids is 1. The number of nitrogens with zero attached hydrogens (tertiary/aromatic N) is 3. The van der Waals surface area contributed by atoms with Crippen molar-refractivity contribution in [2.45, 2.75) is 20.1 Å². The number of aliphatic hydroxyl groups is 1. The van der Waals surface area contributed by atoms with E-state index < -0.39 is 6.09 Å². The highest BCUT2D eigenvalue weighted by molar-refractivity contribution is 6.36. The Labute approximate surface area is 172 Å². The third-order valence-electron chi connectivity index (χ3n) is 4.81. The van der Waals surface area contributed by atoms with Gasteiger partial charge >= 0.3 is 6.09 Å². The highest BCUT2D eigenvalue weighted by Gasteiger charge is 2.34. The van der Waals surface area contributed by atoms with Crippen LogP contribution in [0.3, 0.4) is 0 Å². The van der Waals surface area contributed by atoms with E-state index >= 15 is 0 Å². The largest absolute Gasteiger partial charge is 0.465 e. The lowest BCUT2D eigenvalue weighted by molar-refractivity contribution is 0.0759. The molecular formula is C19H19Cl2N3O4. The summed E-state index contributed by atoms with van der Waals surface area (Å²) in [4.78, 5) is 31.3. The Bertz CT molecular complexity index is 965. The van der Waals surface area contributed by atoms with Gasteiger partial charge in [0.05, 0.1) is 24.4 Å². The standard InChI is InChI=1S/C19H19Cl2N3O4/c1-10-13(9-25)16(12-4-3-11(20)7-14(12)21)17-15(22-10)8-24(18(17)26)6-5-23(2)19(27)28/h3-4,7,25H,5-6,8-9H2,1-2H3,(H,27,28). The summed E-state index contributed by atoms with van der Waals surface area (Å²) in [6.07, 6.45) is -1.06. The van der Waals surface area contributed by atoms with Crippen LogP contribution in [0, 0.1) is 6.92 Å². The van der Waals surface area contributed by atoms with Crippen LogP contribution in [0.25, 0.3) is 11.1 Å². The van der Waals surface area contributed by atoms with Crippen molar-refractivity contribution in [1.82, 2.24) is 14.8 Å². The molecule has 1 aliphatic rings. The fraction of sp³-hybridized carbons (Fsp3) is 0.316. The zero-order valence-electron chi connectivity index (χ0n) is 15.4. The smallest absolute Gasteiger partial charge is 0.407 e. The number of amides is 2. The number of hydrogen-bond donors (Lipinski definition) is 2. The number of halogens is 2. The number of rotatable bonds is 5. The molecule has 0 unspecified atom stereocenters. The Hall–Kier alpha value is -2.35. The highest BCUT2D eigenvalue weighted by atomic mass is 35.5. The first-order valence-electron chi connectivity index (χ1n) is 8.56. The van der Waals surface area contributed by atoms with Crippen LogP contribution in [0.5, 0.6) is 0 Å². The number of likely N-dealkylation sites (N-methyl/N-ethyl adjacent to an activating group) is 1. The van der Waals surface area contributed by atoms with Gasteiger partial charge in [0.25, 0.3) is 5.91 Å². The minimum Gasteiger partial charge on any atom is -0.465 e. The fourth-order valence-electron chi connectivity index (χ4n) is 3.29. The minimum absolute atomic E-state index is 0.179. The van der Waals surface area contributed by atoms with E-state index in [0.29, 0.717) is 43.7 Å². The lowest BCUT2D eigenvalue weighted by atomic mass is 9.93. The van der Waals surface area contributed by atoms with Gasteiger partial charge in [-0.15, -0.1) is 0 Å². The second kappa shape index (κ2) is 7.95. The summed E-state index contributed by atoms with van der Waals surface area (Å²) in [7, 11) is 1.45. The Morgan fingerprint density at radius 3 is 2.64 bits per heavy atom. The summed E-state index contributed by atoms with van der Waals surface area (Å²) < 4.78 is 0. The molecule has 28 heavy (non-hydrogen) atoms. The van der Waals surface area contributed by atoms with Crippen LogP contribution in [0.1, 0.15) is 27.3 Å². The van der Waals surface area contributed by atoms with Gasteiger partial charge in [-0.3, -0.25) is 9.78 Å². The monoisotopic (exact) mass is 423 g/mol. The number of hydrogen-bond acceptors (Lipinski definition) is 4. The van der Waals surface area contributed by atoms with Gasteiger partial charge in [0.1, 0.15) is 0 Å². The predicted molar refractivity (Wildman–Crippen MR) is 106 cm³/mol. The molecule has 2 aromatic rings. The third kappa shape index (κ3) is 3.65. The molecular weight excluding hydrogens is 405 g/mol. The first-order chi connectivity index (χ1) is 13.2. The van der Waals surface area contributed by atoms with E-state index in [1.165, 1.54) is 7.05 Å². The molecule has 7 nitrogen and oxygen atoms in total. The number of aromatic nitrogens is 1. The molecule has 3 rings (SSSR count). The molecule has 9 heteroatoms. The van der Waals surface area contributed by atoms with E-state index in [2.05, 4.69) is 4.98 Å². The molecule has 0 fully saturated rings. The summed E-state index contributed by atoms with van der Waals surface area (Å²) in [6.45, 7) is 2.16. The van der Waals surface area contributed by atoms with E-state index in [-0.39, 0.29) is 32.1 Å². The predicted octanol–water partition coefficient (Wildman–Crippen LogP) is 3.42. The molecule has 2 heterocycles. The van der Waals surface area contributed by atoms with Crippen molar-refractivity contribution in [2.75, 3.05) is 20.1 Å². The Balaban J connectivity index is 2.07. The van der Waals surface area contributed by atoms with Crippen LogP contribution in [-0.4, -0.2) is 57.1 Å². The molecule has 1 aromatic carbocycles. The van der Waals surface area contributed by atoms with Gasteiger partial charge in [-0.05, 0) is 19.1 Å². The SMILES string of the molecule is Cc1nc2c(c(-c3ccc(Cl)cc3Cl)c1CO)C(=O)N(CCN(C)C(=O)O)C2. The molecule has 0 aliphatic carbocycles. The molecule has 1 aromatic heterocycles. The summed E-state index contributed by atoms with van der Waals surface area (Å²) in [6, 6.07) is 4.97. The Kier molecular flexibility index (Phi) is 5.79. The third-order valence-corrected chi connectivity index (χ3v) is 5.36. The normalized spacial score (nSPS) is 13.0. The molecule has 2 N–H and O–H groups in total. The summed E-state index contributed by atoms with van der Waals surface area (Å²) >= 11 is 12.4. The van der Waals surface area contributed by atoms with Crippen molar-refractivity contribution in [3.8, 4) is 11.1 Å². The highest BCUT2D eigenvalue weighted by Crippen LogP contribution is 2.39. The zero-order chi connectivity index (χ0) is 20.6. The van der Waals surface area contributed by atoms with Gasteiger partial charge in [-0.1, -0.05) is 29.3 Å². The van der Waals surface area contributed by atoms with Crippen molar-refractivity contribution in [1.29, 1.82) is 0 Å². The maximum atomic E-state index is 13.1.